The quantitative estimate of drug-likeness (QED) is 0.110. The molecule has 3 aromatic carbocycles. The number of nitriles is 1. The van der Waals surface area contributed by atoms with Crippen molar-refractivity contribution in [2.24, 2.45) is 0 Å². The maximum absolute atomic E-state index is 12.7. The van der Waals surface area contributed by atoms with Crippen molar-refractivity contribution in [3.05, 3.63) is 96.6 Å². The molecular formula is C26H22IN3O5. The summed E-state index contributed by atoms with van der Waals surface area (Å²) in [5.74, 6) is 0.420. The molecule has 1 N–H and O–H groups in total. The number of methoxy groups -OCH3 is 1. The Balaban J connectivity index is 1.80. The standard InChI is InChI=1S/C26H22IN3O5/c1-3-19-6-4-5-7-23(19)29-26(31)20(15-28)12-18-13-22(27)25(24(14-18)34-2)35-16-17-8-10-21(11-9-17)30(32)33/h4-14H,3,16H2,1-2H3,(H,29,31)/b20-12+. The lowest BCUT2D eigenvalue weighted by Gasteiger charge is -2.14. The second kappa shape index (κ2) is 12.0. The first-order chi connectivity index (χ1) is 16.9. The van der Waals surface area contributed by atoms with E-state index in [1.165, 1.54) is 25.3 Å². The highest BCUT2D eigenvalue weighted by Gasteiger charge is 2.15. The minimum atomic E-state index is -0.499. The van der Waals surface area contributed by atoms with Crippen LogP contribution in [0.1, 0.15) is 23.6 Å². The summed E-state index contributed by atoms with van der Waals surface area (Å²) in [4.78, 5) is 23.1. The smallest absolute Gasteiger partial charge is 0.269 e. The molecule has 9 heteroatoms. The van der Waals surface area contributed by atoms with Crippen molar-refractivity contribution in [3.8, 4) is 17.6 Å². The van der Waals surface area contributed by atoms with Crippen LogP contribution in [0.4, 0.5) is 11.4 Å². The van der Waals surface area contributed by atoms with E-state index in [-0.39, 0.29) is 17.9 Å². The van der Waals surface area contributed by atoms with E-state index in [9.17, 15) is 20.2 Å². The van der Waals surface area contributed by atoms with Crippen LogP contribution in [0, 0.1) is 25.0 Å². The molecule has 0 aromatic heterocycles. The summed E-state index contributed by atoms with van der Waals surface area (Å²) < 4.78 is 12.1. The number of aryl methyl sites for hydroxylation is 1. The van der Waals surface area contributed by atoms with E-state index in [0.717, 1.165) is 17.5 Å². The van der Waals surface area contributed by atoms with Crippen LogP contribution < -0.4 is 14.8 Å². The van der Waals surface area contributed by atoms with Crippen LogP contribution >= 0.6 is 22.6 Å². The Labute approximate surface area is 216 Å². The Morgan fingerprint density at radius 3 is 2.54 bits per heavy atom. The van der Waals surface area contributed by atoms with E-state index >= 15 is 0 Å². The maximum Gasteiger partial charge on any atom is 0.269 e. The number of para-hydroxylation sites is 1. The third-order valence-corrected chi connectivity index (χ3v) is 5.91. The van der Waals surface area contributed by atoms with Gasteiger partial charge in [-0.1, -0.05) is 25.1 Å². The number of rotatable bonds is 9. The van der Waals surface area contributed by atoms with Crippen molar-refractivity contribution < 1.29 is 19.2 Å². The first-order valence-corrected chi connectivity index (χ1v) is 11.7. The topological polar surface area (TPSA) is 114 Å². The van der Waals surface area contributed by atoms with Crippen LogP contribution in [0.3, 0.4) is 0 Å². The summed E-state index contributed by atoms with van der Waals surface area (Å²) in [6, 6.07) is 19.0. The van der Waals surface area contributed by atoms with Gasteiger partial charge in [0.15, 0.2) is 11.5 Å². The van der Waals surface area contributed by atoms with Gasteiger partial charge in [0.1, 0.15) is 18.2 Å². The number of anilines is 1. The number of hydrogen-bond donors (Lipinski definition) is 1. The molecule has 0 saturated carbocycles. The molecule has 3 aromatic rings. The first-order valence-electron chi connectivity index (χ1n) is 10.6. The molecule has 0 aliphatic carbocycles. The minimum absolute atomic E-state index is 0.00701. The number of nitrogens with one attached hydrogen (secondary N) is 1. The van der Waals surface area contributed by atoms with Gasteiger partial charge in [0.25, 0.3) is 11.6 Å². The average molecular weight is 583 g/mol. The summed E-state index contributed by atoms with van der Waals surface area (Å²) in [7, 11) is 1.50. The van der Waals surface area contributed by atoms with Crippen LogP contribution in [0.2, 0.25) is 0 Å². The predicted octanol–water partition coefficient (Wildman–Crippen LogP) is 5.90. The predicted molar refractivity (Wildman–Crippen MR) is 141 cm³/mol. The van der Waals surface area contributed by atoms with Gasteiger partial charge in [0.05, 0.1) is 15.6 Å². The second-order valence-electron chi connectivity index (χ2n) is 7.38. The van der Waals surface area contributed by atoms with Crippen molar-refractivity contribution >= 4 is 45.9 Å². The van der Waals surface area contributed by atoms with E-state index in [4.69, 9.17) is 9.47 Å². The van der Waals surface area contributed by atoms with Gasteiger partial charge >= 0.3 is 0 Å². The molecule has 0 radical (unpaired) electrons. The molecule has 35 heavy (non-hydrogen) atoms. The van der Waals surface area contributed by atoms with Crippen molar-refractivity contribution in [2.75, 3.05) is 12.4 Å². The van der Waals surface area contributed by atoms with Crippen LogP contribution in [0.25, 0.3) is 6.08 Å². The van der Waals surface area contributed by atoms with Gasteiger partial charge in [-0.2, -0.15) is 5.26 Å². The zero-order valence-corrected chi connectivity index (χ0v) is 21.2. The molecule has 3 rings (SSSR count). The lowest BCUT2D eigenvalue weighted by Crippen LogP contribution is -2.14. The number of hydrogen-bond acceptors (Lipinski definition) is 6. The van der Waals surface area contributed by atoms with Crippen molar-refractivity contribution in [2.45, 2.75) is 20.0 Å². The summed E-state index contributed by atoms with van der Waals surface area (Å²) in [6.07, 6.45) is 2.24. The fourth-order valence-electron chi connectivity index (χ4n) is 3.29. The molecule has 0 fully saturated rings. The number of nitrogens with zero attached hydrogens (tertiary/aromatic N) is 2. The zero-order chi connectivity index (χ0) is 25.4. The van der Waals surface area contributed by atoms with Gasteiger partial charge < -0.3 is 14.8 Å². The Morgan fingerprint density at radius 1 is 1.20 bits per heavy atom. The first kappa shape index (κ1) is 25.7. The normalized spacial score (nSPS) is 10.9. The minimum Gasteiger partial charge on any atom is -0.493 e. The average Bonchev–Trinajstić information content (AvgIpc) is 2.86. The molecular weight excluding hydrogens is 561 g/mol. The molecule has 0 aliphatic heterocycles. The zero-order valence-electron chi connectivity index (χ0n) is 19.1. The van der Waals surface area contributed by atoms with Crippen molar-refractivity contribution in [3.63, 3.8) is 0 Å². The Hall–Kier alpha value is -3.91. The van der Waals surface area contributed by atoms with Gasteiger partial charge in [-0.15, -0.1) is 0 Å². The summed E-state index contributed by atoms with van der Waals surface area (Å²) >= 11 is 2.09. The van der Waals surface area contributed by atoms with E-state index in [1.807, 2.05) is 31.2 Å². The molecule has 1 amide bonds. The van der Waals surface area contributed by atoms with Crippen molar-refractivity contribution in [1.82, 2.24) is 0 Å². The summed E-state index contributed by atoms with van der Waals surface area (Å²) in [6.45, 7) is 2.17. The number of ether oxygens (including phenoxy) is 2. The van der Waals surface area contributed by atoms with Crippen molar-refractivity contribution in [1.29, 1.82) is 5.26 Å². The van der Waals surface area contributed by atoms with E-state index < -0.39 is 10.8 Å². The monoisotopic (exact) mass is 583 g/mol. The SMILES string of the molecule is CCc1ccccc1NC(=O)/C(C#N)=C/c1cc(I)c(OCc2ccc([N+](=O)[O-])cc2)c(OC)c1. The van der Waals surface area contributed by atoms with Crippen LogP contribution in [-0.2, 0) is 17.8 Å². The van der Waals surface area contributed by atoms with Gasteiger partial charge in [-0.25, -0.2) is 0 Å². The molecule has 0 atom stereocenters. The molecule has 8 nitrogen and oxygen atoms in total. The van der Waals surface area contributed by atoms with Gasteiger partial charge in [0, 0.05) is 17.8 Å². The molecule has 0 saturated heterocycles. The van der Waals surface area contributed by atoms with Crippen LogP contribution in [-0.4, -0.2) is 17.9 Å². The highest BCUT2D eigenvalue weighted by atomic mass is 127. The molecule has 0 spiro atoms. The Kier molecular flexibility index (Phi) is 8.80. The molecule has 0 heterocycles. The number of benzene rings is 3. The number of nitro benzene ring substituents is 1. The number of carbonyl (C=O) groups excluding carboxylic acids is 1. The number of non-ortho nitro benzene ring substituents is 1. The third kappa shape index (κ3) is 6.58. The second-order valence-corrected chi connectivity index (χ2v) is 8.54. The Bertz CT molecular complexity index is 1310. The highest BCUT2D eigenvalue weighted by Crippen LogP contribution is 2.35. The van der Waals surface area contributed by atoms with Gasteiger partial charge in [-0.3, -0.25) is 14.9 Å². The molecule has 178 valence electrons. The van der Waals surface area contributed by atoms with Gasteiger partial charge in [0.2, 0.25) is 0 Å². The van der Waals surface area contributed by atoms with Crippen LogP contribution in [0.5, 0.6) is 11.5 Å². The maximum atomic E-state index is 12.7. The fourth-order valence-corrected chi connectivity index (χ4v) is 4.07. The number of amides is 1. The van der Waals surface area contributed by atoms with Crippen LogP contribution in [0.15, 0.2) is 66.2 Å². The Morgan fingerprint density at radius 2 is 1.91 bits per heavy atom. The van der Waals surface area contributed by atoms with E-state index in [0.29, 0.717) is 26.3 Å². The lowest BCUT2D eigenvalue weighted by molar-refractivity contribution is -0.384. The fraction of sp³-hybridized carbons (Fsp3) is 0.154. The summed E-state index contributed by atoms with van der Waals surface area (Å²) in [5.41, 5.74) is 2.96. The van der Waals surface area contributed by atoms with E-state index in [1.54, 1.807) is 30.3 Å². The summed E-state index contributed by atoms with van der Waals surface area (Å²) in [5, 5.41) is 23.2. The number of nitro groups is 1. The largest absolute Gasteiger partial charge is 0.493 e. The highest BCUT2D eigenvalue weighted by molar-refractivity contribution is 14.1. The molecule has 0 bridgehead atoms. The third-order valence-electron chi connectivity index (χ3n) is 5.10. The lowest BCUT2D eigenvalue weighted by atomic mass is 10.1. The number of carbonyl (C=O) groups is 1. The molecule has 0 unspecified atom stereocenters. The van der Waals surface area contributed by atoms with Gasteiger partial charge in [-0.05, 0) is 82.1 Å². The number of halogens is 1. The van der Waals surface area contributed by atoms with E-state index in [2.05, 4.69) is 27.9 Å². The molecule has 0 aliphatic rings.